The Balaban J connectivity index is 2.08. The number of nitrogens with zero attached hydrogens (tertiary/aromatic N) is 2. The molecule has 2 rings (SSSR count). The summed E-state index contributed by atoms with van der Waals surface area (Å²) in [6, 6.07) is 5.46. The van der Waals surface area contributed by atoms with Gasteiger partial charge in [-0.1, -0.05) is 16.1 Å². The van der Waals surface area contributed by atoms with Crippen LogP contribution in [0.15, 0.2) is 18.2 Å². The number of nitrogen functional groups attached to an aromatic ring is 1. The van der Waals surface area contributed by atoms with Crippen LogP contribution in [0.4, 0.5) is 5.00 Å². The lowest BCUT2D eigenvalue weighted by atomic mass is 10.2. The molecule has 0 saturated heterocycles. The van der Waals surface area contributed by atoms with Crippen LogP contribution in [-0.4, -0.2) is 9.59 Å². The van der Waals surface area contributed by atoms with Crippen LogP contribution in [0, 0.1) is 6.92 Å². The minimum absolute atomic E-state index is 0.324. The monoisotopic (exact) mass is 255 g/mol. The Hall–Kier alpha value is -1.33. The van der Waals surface area contributed by atoms with E-state index in [1.165, 1.54) is 0 Å². The van der Waals surface area contributed by atoms with Crippen molar-refractivity contribution >= 4 is 28.1 Å². The van der Waals surface area contributed by atoms with Crippen molar-refractivity contribution in [3.8, 4) is 5.75 Å². The Bertz CT molecular complexity index is 501. The number of hydrogen-bond acceptors (Lipinski definition) is 5. The highest BCUT2D eigenvalue weighted by Crippen LogP contribution is 2.23. The molecular weight excluding hydrogens is 246 g/mol. The predicted octanol–water partition coefficient (Wildman–Crippen LogP) is 2.66. The highest BCUT2D eigenvalue weighted by molar-refractivity contribution is 7.09. The highest BCUT2D eigenvalue weighted by atomic mass is 35.5. The molecule has 1 heterocycles. The van der Waals surface area contributed by atoms with Gasteiger partial charge in [-0.15, -0.1) is 5.10 Å². The predicted molar refractivity (Wildman–Crippen MR) is 64.8 cm³/mol. The van der Waals surface area contributed by atoms with E-state index < -0.39 is 0 Å². The Labute approximate surface area is 102 Å². The van der Waals surface area contributed by atoms with Gasteiger partial charge in [0, 0.05) is 16.6 Å². The van der Waals surface area contributed by atoms with Crippen molar-refractivity contribution in [1.82, 2.24) is 9.59 Å². The number of benzene rings is 1. The highest BCUT2D eigenvalue weighted by Gasteiger charge is 2.06. The number of aryl methyl sites for hydroxylation is 1. The molecule has 0 aliphatic carbocycles. The van der Waals surface area contributed by atoms with E-state index in [4.69, 9.17) is 22.1 Å². The number of nitrogens with two attached hydrogens (primary N) is 1. The third-order valence-electron chi connectivity index (χ3n) is 2.09. The second-order valence-electron chi connectivity index (χ2n) is 3.28. The smallest absolute Gasteiger partial charge is 0.136 e. The molecule has 0 aliphatic heterocycles. The van der Waals surface area contributed by atoms with Gasteiger partial charge >= 0.3 is 0 Å². The largest absolute Gasteiger partial charge is 0.487 e. The molecule has 1 aromatic heterocycles. The molecule has 4 nitrogen and oxygen atoms in total. The summed E-state index contributed by atoms with van der Waals surface area (Å²) in [5.41, 5.74) is 7.31. The second-order valence-corrected chi connectivity index (χ2v) is 4.50. The van der Waals surface area contributed by atoms with Gasteiger partial charge < -0.3 is 10.5 Å². The summed E-state index contributed by atoms with van der Waals surface area (Å²) < 4.78 is 9.32. The number of hydrogen-bond donors (Lipinski definition) is 1. The average Bonchev–Trinajstić information content (AvgIpc) is 2.63. The lowest BCUT2D eigenvalue weighted by molar-refractivity contribution is 0.300. The molecule has 0 unspecified atom stereocenters. The lowest BCUT2D eigenvalue weighted by Crippen LogP contribution is -2.00. The van der Waals surface area contributed by atoms with Crippen LogP contribution >= 0.6 is 23.1 Å². The number of rotatable bonds is 3. The van der Waals surface area contributed by atoms with E-state index in [0.29, 0.717) is 22.3 Å². The first-order valence-electron chi connectivity index (χ1n) is 4.62. The van der Waals surface area contributed by atoms with Crippen molar-refractivity contribution in [2.75, 3.05) is 5.73 Å². The summed E-state index contributed by atoms with van der Waals surface area (Å²) in [5.74, 6) is 0.775. The van der Waals surface area contributed by atoms with E-state index in [1.54, 1.807) is 6.07 Å². The molecule has 0 bridgehead atoms. The average molecular weight is 256 g/mol. The zero-order valence-electron chi connectivity index (χ0n) is 8.61. The topological polar surface area (TPSA) is 61.0 Å². The van der Waals surface area contributed by atoms with Crippen molar-refractivity contribution in [2.45, 2.75) is 13.5 Å². The minimum Gasteiger partial charge on any atom is -0.487 e. The summed E-state index contributed by atoms with van der Waals surface area (Å²) in [6.45, 7) is 2.26. The van der Waals surface area contributed by atoms with Crippen LogP contribution in [0.25, 0.3) is 0 Å². The Morgan fingerprint density at radius 1 is 1.50 bits per heavy atom. The van der Waals surface area contributed by atoms with Crippen molar-refractivity contribution in [3.63, 3.8) is 0 Å². The van der Waals surface area contributed by atoms with Crippen LogP contribution in [0.3, 0.4) is 0 Å². The zero-order valence-corrected chi connectivity index (χ0v) is 10.2. The molecule has 0 fully saturated rings. The fourth-order valence-electron chi connectivity index (χ4n) is 1.24. The second kappa shape index (κ2) is 4.67. The maximum atomic E-state index is 5.85. The van der Waals surface area contributed by atoms with Gasteiger partial charge in [0.15, 0.2) is 0 Å². The molecule has 1 aromatic carbocycles. The van der Waals surface area contributed by atoms with E-state index in [2.05, 4.69) is 9.59 Å². The Kier molecular flexibility index (Phi) is 3.26. The van der Waals surface area contributed by atoms with Crippen LogP contribution in [0.5, 0.6) is 5.75 Å². The maximum absolute atomic E-state index is 5.85. The summed E-state index contributed by atoms with van der Waals surface area (Å²) in [6.07, 6.45) is 0. The first-order valence-corrected chi connectivity index (χ1v) is 5.77. The van der Waals surface area contributed by atoms with Crippen molar-refractivity contribution in [2.24, 2.45) is 0 Å². The van der Waals surface area contributed by atoms with Gasteiger partial charge in [0.2, 0.25) is 0 Å². The van der Waals surface area contributed by atoms with E-state index in [9.17, 15) is 0 Å². The number of halogens is 1. The molecule has 2 N–H and O–H groups in total. The quantitative estimate of drug-likeness (QED) is 0.916. The molecule has 84 valence electrons. The third-order valence-corrected chi connectivity index (χ3v) is 2.92. The van der Waals surface area contributed by atoms with E-state index in [1.807, 2.05) is 19.1 Å². The SMILES string of the molecule is Cc1cc(Cl)ccc1OCc1nnsc1N. The van der Waals surface area contributed by atoms with Crippen LogP contribution in [0.1, 0.15) is 11.3 Å². The summed E-state index contributed by atoms with van der Waals surface area (Å²) in [5, 5.41) is 5.15. The molecule has 2 aromatic rings. The van der Waals surface area contributed by atoms with Crippen LogP contribution in [-0.2, 0) is 6.61 Å². The van der Waals surface area contributed by atoms with E-state index >= 15 is 0 Å². The van der Waals surface area contributed by atoms with Gasteiger partial charge in [0.05, 0.1) is 0 Å². The van der Waals surface area contributed by atoms with E-state index in [-0.39, 0.29) is 0 Å². The van der Waals surface area contributed by atoms with Crippen LogP contribution in [0.2, 0.25) is 5.02 Å². The Morgan fingerprint density at radius 2 is 2.31 bits per heavy atom. The van der Waals surface area contributed by atoms with Crippen molar-refractivity contribution in [1.29, 1.82) is 0 Å². The summed E-state index contributed by atoms with van der Waals surface area (Å²) >= 11 is 7.01. The summed E-state index contributed by atoms with van der Waals surface area (Å²) in [4.78, 5) is 0. The lowest BCUT2D eigenvalue weighted by Gasteiger charge is -2.07. The van der Waals surface area contributed by atoms with Gasteiger partial charge in [0.1, 0.15) is 23.1 Å². The van der Waals surface area contributed by atoms with Gasteiger partial charge in [-0.2, -0.15) is 0 Å². The molecule has 16 heavy (non-hydrogen) atoms. The molecule has 0 aliphatic rings. The molecule has 0 radical (unpaired) electrons. The zero-order chi connectivity index (χ0) is 11.5. The van der Waals surface area contributed by atoms with Crippen molar-refractivity contribution in [3.05, 3.63) is 34.5 Å². The minimum atomic E-state index is 0.324. The third kappa shape index (κ3) is 2.43. The summed E-state index contributed by atoms with van der Waals surface area (Å²) in [7, 11) is 0. The molecule has 6 heteroatoms. The van der Waals surface area contributed by atoms with Gasteiger partial charge in [0.25, 0.3) is 0 Å². The molecular formula is C10H10ClN3OS. The first-order chi connectivity index (χ1) is 7.66. The standard InChI is InChI=1S/C10H10ClN3OS/c1-6-4-7(11)2-3-9(6)15-5-8-10(12)16-14-13-8/h2-4H,5,12H2,1H3. The maximum Gasteiger partial charge on any atom is 0.136 e. The molecule has 0 amide bonds. The first kappa shape index (κ1) is 11.2. The molecule has 0 saturated carbocycles. The van der Waals surface area contributed by atoms with E-state index in [0.717, 1.165) is 22.8 Å². The molecule has 0 spiro atoms. The normalized spacial score (nSPS) is 10.4. The molecule has 0 atom stereocenters. The number of ether oxygens (including phenoxy) is 1. The van der Waals surface area contributed by atoms with Gasteiger partial charge in [-0.05, 0) is 30.7 Å². The number of aromatic nitrogens is 2. The fourth-order valence-corrected chi connectivity index (χ4v) is 1.90. The Morgan fingerprint density at radius 3 is 2.94 bits per heavy atom. The van der Waals surface area contributed by atoms with Crippen molar-refractivity contribution < 1.29 is 4.74 Å². The van der Waals surface area contributed by atoms with Crippen LogP contribution < -0.4 is 10.5 Å². The van der Waals surface area contributed by atoms with Gasteiger partial charge in [-0.25, -0.2) is 0 Å². The fraction of sp³-hybridized carbons (Fsp3) is 0.200. The van der Waals surface area contributed by atoms with Gasteiger partial charge in [-0.3, -0.25) is 0 Å². The number of anilines is 1.